The second-order valence-corrected chi connectivity index (χ2v) is 10.6. The summed E-state index contributed by atoms with van der Waals surface area (Å²) < 4.78 is 11.0. The van der Waals surface area contributed by atoms with Gasteiger partial charge in [0.15, 0.2) is 12.1 Å². The lowest BCUT2D eigenvalue weighted by molar-refractivity contribution is -0.0462. The van der Waals surface area contributed by atoms with Crippen molar-refractivity contribution in [2.75, 3.05) is 13.2 Å². The topological polar surface area (TPSA) is 35.5 Å². The maximum absolute atomic E-state index is 12.9. The van der Waals surface area contributed by atoms with Crippen LogP contribution in [0.2, 0.25) is 0 Å². The van der Waals surface area contributed by atoms with Crippen molar-refractivity contribution in [1.82, 2.24) is 0 Å². The van der Waals surface area contributed by atoms with E-state index in [1.165, 1.54) is 73.6 Å². The zero-order valence-electron chi connectivity index (χ0n) is 21.7. The minimum Gasteiger partial charge on any atom is -0.350 e. The predicted molar refractivity (Wildman–Crippen MR) is 145 cm³/mol. The smallest absolute Gasteiger partial charge is 0.163 e. The third kappa shape index (κ3) is 8.29. The van der Waals surface area contributed by atoms with Crippen LogP contribution in [0.1, 0.15) is 105 Å². The number of ketones is 1. The average molecular weight is 479 g/mol. The van der Waals surface area contributed by atoms with Gasteiger partial charge in [0.25, 0.3) is 0 Å². The largest absolute Gasteiger partial charge is 0.350 e. The van der Waals surface area contributed by atoms with Crippen LogP contribution in [0.4, 0.5) is 0 Å². The normalized spacial score (nSPS) is 18.0. The van der Waals surface area contributed by atoms with E-state index in [1.54, 1.807) is 0 Å². The number of unbranched alkanes of at least 4 members (excludes halogenated alkanes) is 6. The van der Waals surface area contributed by atoms with Crippen LogP contribution in [0.15, 0.2) is 42.5 Å². The molecule has 2 aromatic carbocycles. The third-order valence-electron chi connectivity index (χ3n) is 7.78. The van der Waals surface area contributed by atoms with E-state index >= 15 is 0 Å². The first kappa shape index (κ1) is 26.1. The first-order valence-electron chi connectivity index (χ1n) is 14.2. The van der Waals surface area contributed by atoms with Crippen molar-refractivity contribution in [3.05, 3.63) is 70.3 Å². The Kier molecular flexibility index (Phi) is 10.4. The van der Waals surface area contributed by atoms with Crippen LogP contribution in [0, 0.1) is 5.92 Å². The predicted octanol–water partition coefficient (Wildman–Crippen LogP) is 7.91. The Balaban J connectivity index is 0.00000361. The number of carbonyl (C=O) groups is 1. The van der Waals surface area contributed by atoms with Crippen LogP contribution in [0.25, 0.3) is 0 Å². The number of benzene rings is 2. The molecule has 0 radical (unpaired) electrons. The van der Waals surface area contributed by atoms with Crippen molar-refractivity contribution in [3.8, 4) is 0 Å². The highest BCUT2D eigenvalue weighted by Crippen LogP contribution is 2.30. The highest BCUT2D eigenvalue weighted by molar-refractivity contribution is 5.96. The van der Waals surface area contributed by atoms with Gasteiger partial charge >= 0.3 is 0 Å². The summed E-state index contributed by atoms with van der Waals surface area (Å²) in [5.74, 6) is 0.739. The fraction of sp³-hybridized carbons (Fsp3) is 0.594. The van der Waals surface area contributed by atoms with Gasteiger partial charge in [-0.15, -0.1) is 0 Å². The molecule has 1 heterocycles. The zero-order chi connectivity index (χ0) is 24.3. The number of hydrogen-bond acceptors (Lipinski definition) is 3. The molecular formula is C32H46O3. The van der Waals surface area contributed by atoms with E-state index in [4.69, 9.17) is 9.47 Å². The molecule has 0 bridgehead atoms. The molecular weight excluding hydrogens is 432 g/mol. The molecule has 3 heteroatoms. The van der Waals surface area contributed by atoms with Gasteiger partial charge in [-0.3, -0.25) is 4.79 Å². The van der Waals surface area contributed by atoms with Gasteiger partial charge in [-0.2, -0.15) is 0 Å². The number of fused-ring (bicyclic) bond motifs is 1. The van der Waals surface area contributed by atoms with Crippen LogP contribution in [0.5, 0.6) is 0 Å². The molecule has 3 nitrogen and oxygen atoms in total. The SMILES string of the molecule is CCCCCCCCCc1ccc2c(c1)CC[C@H](CC(=O)c1ccc(CCC3OCCO3)cc1)C2.[HH]. The van der Waals surface area contributed by atoms with E-state index in [2.05, 4.69) is 37.3 Å². The summed E-state index contributed by atoms with van der Waals surface area (Å²) in [5.41, 5.74) is 6.56. The molecule has 1 aliphatic carbocycles. The first-order chi connectivity index (χ1) is 17.2. The van der Waals surface area contributed by atoms with Gasteiger partial charge in [-0.25, -0.2) is 0 Å². The lowest BCUT2D eigenvalue weighted by Crippen LogP contribution is -2.18. The molecule has 1 fully saturated rings. The Morgan fingerprint density at radius 3 is 2.34 bits per heavy atom. The molecule has 0 N–H and O–H groups in total. The minimum absolute atomic E-state index is 0. The van der Waals surface area contributed by atoms with Crippen molar-refractivity contribution < 1.29 is 15.7 Å². The van der Waals surface area contributed by atoms with Gasteiger partial charge in [0.05, 0.1) is 13.2 Å². The quantitative estimate of drug-likeness (QED) is 0.204. The molecule has 0 spiro atoms. The monoisotopic (exact) mass is 478 g/mol. The Labute approximate surface area is 214 Å². The van der Waals surface area contributed by atoms with Gasteiger partial charge in [0, 0.05) is 19.8 Å². The highest BCUT2D eigenvalue weighted by Gasteiger charge is 2.22. The third-order valence-corrected chi connectivity index (χ3v) is 7.78. The van der Waals surface area contributed by atoms with Crippen LogP contribution >= 0.6 is 0 Å². The maximum Gasteiger partial charge on any atom is 0.163 e. The maximum atomic E-state index is 12.9. The van der Waals surface area contributed by atoms with E-state index in [1.807, 2.05) is 12.1 Å². The molecule has 0 aromatic heterocycles. The minimum atomic E-state index is -0.0677. The fourth-order valence-electron chi connectivity index (χ4n) is 5.60. The molecule has 35 heavy (non-hydrogen) atoms. The van der Waals surface area contributed by atoms with Crippen molar-refractivity contribution in [2.24, 2.45) is 5.92 Å². The lowest BCUT2D eigenvalue weighted by atomic mass is 9.80. The van der Waals surface area contributed by atoms with Crippen molar-refractivity contribution in [1.29, 1.82) is 0 Å². The van der Waals surface area contributed by atoms with Gasteiger partial charge in [0.2, 0.25) is 0 Å². The molecule has 0 saturated carbocycles. The Morgan fingerprint density at radius 2 is 1.57 bits per heavy atom. The molecule has 2 aromatic rings. The molecule has 192 valence electrons. The summed E-state index contributed by atoms with van der Waals surface area (Å²) in [7, 11) is 0. The van der Waals surface area contributed by atoms with Crippen LogP contribution in [0.3, 0.4) is 0 Å². The van der Waals surface area contributed by atoms with Gasteiger partial charge < -0.3 is 9.47 Å². The Hall–Kier alpha value is -1.97. The molecule has 1 saturated heterocycles. The summed E-state index contributed by atoms with van der Waals surface area (Å²) in [6, 6.07) is 15.3. The van der Waals surface area contributed by atoms with E-state index < -0.39 is 0 Å². The molecule has 0 amide bonds. The number of rotatable bonds is 14. The first-order valence-corrected chi connectivity index (χ1v) is 14.2. The molecule has 1 aliphatic heterocycles. The summed E-state index contributed by atoms with van der Waals surface area (Å²) >= 11 is 0. The number of Topliss-reactive ketones (excluding diaryl/α,β-unsaturated/α-hetero) is 1. The number of ether oxygens (including phenoxy) is 2. The average Bonchev–Trinajstić information content (AvgIpc) is 3.41. The zero-order valence-corrected chi connectivity index (χ0v) is 21.7. The summed E-state index contributed by atoms with van der Waals surface area (Å²) in [5, 5.41) is 0. The van der Waals surface area contributed by atoms with Crippen LogP contribution in [-0.4, -0.2) is 25.3 Å². The fourth-order valence-corrected chi connectivity index (χ4v) is 5.60. The molecule has 0 unspecified atom stereocenters. The van der Waals surface area contributed by atoms with Crippen molar-refractivity contribution >= 4 is 5.78 Å². The van der Waals surface area contributed by atoms with Gasteiger partial charge in [0.1, 0.15) is 0 Å². The Bertz CT molecular complexity index is 917. The summed E-state index contributed by atoms with van der Waals surface area (Å²) in [6.45, 7) is 3.67. The molecule has 2 aliphatic rings. The number of carbonyl (C=O) groups excluding carboxylic acids is 1. The number of hydrogen-bond donors (Lipinski definition) is 0. The van der Waals surface area contributed by atoms with E-state index in [-0.39, 0.29) is 13.5 Å². The van der Waals surface area contributed by atoms with Crippen LogP contribution in [-0.2, 0) is 35.2 Å². The van der Waals surface area contributed by atoms with Crippen molar-refractivity contribution in [2.45, 2.75) is 103 Å². The second kappa shape index (κ2) is 13.9. The molecule has 4 rings (SSSR count). The molecule has 1 atom stereocenters. The van der Waals surface area contributed by atoms with E-state index in [9.17, 15) is 4.79 Å². The van der Waals surface area contributed by atoms with Gasteiger partial charge in [-0.05, 0) is 66.7 Å². The summed E-state index contributed by atoms with van der Waals surface area (Å²) in [6.07, 6.45) is 16.4. The summed E-state index contributed by atoms with van der Waals surface area (Å²) in [4.78, 5) is 12.9. The standard InChI is InChI=1S/C32H44O3.H2/c1-2-3-4-5-6-7-8-9-26-12-17-30-23-27(13-18-29(30)22-26)24-31(33)28-15-10-25(11-16-28)14-19-32-34-20-21-35-32;/h10-12,15-17,22,27,32H,2-9,13-14,18-21,23-24H2,1H3;1H/t27-;/m0./s1. The van der Waals surface area contributed by atoms with Crippen LogP contribution < -0.4 is 0 Å². The second-order valence-electron chi connectivity index (χ2n) is 10.6. The van der Waals surface area contributed by atoms with E-state index in [0.29, 0.717) is 25.6 Å². The highest BCUT2D eigenvalue weighted by atomic mass is 16.7. The Morgan fingerprint density at radius 1 is 0.857 bits per heavy atom. The van der Waals surface area contributed by atoms with E-state index in [0.717, 1.165) is 37.7 Å². The number of aryl methyl sites for hydroxylation is 3. The van der Waals surface area contributed by atoms with Crippen molar-refractivity contribution in [3.63, 3.8) is 0 Å². The lowest BCUT2D eigenvalue weighted by Gasteiger charge is -2.25. The van der Waals surface area contributed by atoms with Gasteiger partial charge in [-0.1, -0.05) is 87.9 Å².